The lowest BCUT2D eigenvalue weighted by atomic mass is 10.3. The van der Waals surface area contributed by atoms with Crippen LogP contribution >= 0.6 is 11.3 Å². The average Bonchev–Trinajstić information content (AvgIpc) is 3.47. The maximum atomic E-state index is 4.92. The zero-order chi connectivity index (χ0) is 17.8. The van der Waals surface area contributed by atoms with Crippen molar-refractivity contribution < 1.29 is 0 Å². The number of nitrogens with zero attached hydrogens (tertiary/aromatic N) is 8. The van der Waals surface area contributed by atoms with Crippen molar-refractivity contribution in [3.8, 4) is 0 Å². The molecule has 0 aliphatic carbocycles. The van der Waals surface area contributed by atoms with Gasteiger partial charge in [0.15, 0.2) is 0 Å². The molecule has 2 aliphatic heterocycles. The predicted octanol–water partition coefficient (Wildman–Crippen LogP) is 1.57. The third-order valence-electron chi connectivity index (χ3n) is 4.83. The molecule has 0 radical (unpaired) electrons. The zero-order valence-corrected chi connectivity index (χ0v) is 15.0. The largest absolute Gasteiger partial charge is 0.331 e. The molecular weight excluding hydrogens is 362 g/mol. The molecule has 1 N–H and O–H groups in total. The van der Waals surface area contributed by atoms with Crippen molar-refractivity contribution >= 4 is 34.3 Å². The zero-order valence-electron chi connectivity index (χ0n) is 14.2. The molecule has 3 aromatic heterocycles. The van der Waals surface area contributed by atoms with E-state index in [1.54, 1.807) is 24.0 Å². The summed E-state index contributed by atoms with van der Waals surface area (Å²) >= 11 is 1.73. The Bertz CT molecular complexity index is 1130. The molecule has 6 rings (SSSR count). The number of aliphatic imine (C=N–C) groups is 1. The Hall–Kier alpha value is -3.40. The summed E-state index contributed by atoms with van der Waals surface area (Å²) in [5.41, 5.74) is 2.07. The summed E-state index contributed by atoms with van der Waals surface area (Å²) in [7, 11) is 0. The van der Waals surface area contributed by atoms with E-state index in [0.717, 1.165) is 22.9 Å². The van der Waals surface area contributed by atoms with Gasteiger partial charge >= 0.3 is 0 Å². The van der Waals surface area contributed by atoms with E-state index < -0.39 is 0 Å². The van der Waals surface area contributed by atoms with Crippen molar-refractivity contribution in [1.82, 2.24) is 29.7 Å². The van der Waals surface area contributed by atoms with Gasteiger partial charge in [0.1, 0.15) is 32.2 Å². The number of fused-ring (bicyclic) bond motifs is 5. The molecule has 0 saturated heterocycles. The second-order valence-corrected chi connectivity index (χ2v) is 7.35. The van der Waals surface area contributed by atoms with E-state index in [-0.39, 0.29) is 6.17 Å². The highest BCUT2D eigenvalue weighted by atomic mass is 32.1. The maximum Gasteiger partial charge on any atom is 0.217 e. The van der Waals surface area contributed by atoms with Crippen molar-refractivity contribution in [2.75, 3.05) is 23.2 Å². The van der Waals surface area contributed by atoms with Crippen LogP contribution < -0.4 is 15.2 Å². The number of thiophene rings is 1. The molecule has 27 heavy (non-hydrogen) atoms. The normalized spacial score (nSPS) is 18.8. The molecule has 134 valence electrons. The third kappa shape index (κ3) is 2.16. The molecule has 1 atom stereocenters. The second kappa shape index (κ2) is 5.55. The fourth-order valence-corrected chi connectivity index (χ4v) is 4.35. The lowest BCUT2D eigenvalue weighted by Crippen LogP contribution is -2.59. The monoisotopic (exact) mass is 377 g/mol. The van der Waals surface area contributed by atoms with Gasteiger partial charge in [-0.1, -0.05) is 18.2 Å². The highest BCUT2D eigenvalue weighted by Gasteiger charge is 2.36. The van der Waals surface area contributed by atoms with Gasteiger partial charge in [-0.05, 0) is 23.6 Å². The minimum atomic E-state index is -0.0242. The standard InChI is InChI=1S/C17H15N9S/c1-2-5-13-12(4-1)21-17-25-11-24(23-9-19-20-10-23)8-18-16(25)22-15(26(13)17)14-6-3-7-27-14/h1-7,9-10,15H,8,11H2,(H,18,22)/t15-/m0/s1. The Morgan fingerprint density at radius 2 is 1.96 bits per heavy atom. The maximum absolute atomic E-state index is 4.92. The Balaban J connectivity index is 1.52. The molecule has 5 heterocycles. The topological polar surface area (TPSA) is 79.4 Å². The number of imidazole rings is 1. The highest BCUT2D eigenvalue weighted by Crippen LogP contribution is 2.34. The van der Waals surface area contributed by atoms with Crippen molar-refractivity contribution in [3.63, 3.8) is 0 Å². The number of para-hydroxylation sites is 2. The SMILES string of the molecule is c1csc([C@H]2NC3=NCN(n4cnnc4)CN3c3nc4ccccc4n32)c1. The summed E-state index contributed by atoms with van der Waals surface area (Å²) in [5.74, 6) is 1.71. The van der Waals surface area contributed by atoms with Gasteiger partial charge < -0.3 is 5.32 Å². The van der Waals surface area contributed by atoms with E-state index in [1.165, 1.54) is 4.88 Å². The molecule has 10 heteroatoms. The molecule has 9 nitrogen and oxygen atoms in total. The van der Waals surface area contributed by atoms with Gasteiger partial charge in [-0.25, -0.2) is 14.7 Å². The number of hydrogen-bond donors (Lipinski definition) is 1. The summed E-state index contributed by atoms with van der Waals surface area (Å²) in [6.07, 6.45) is 3.33. The van der Waals surface area contributed by atoms with Crippen molar-refractivity contribution in [2.45, 2.75) is 6.17 Å². The number of nitrogens with one attached hydrogen (secondary N) is 1. The fourth-order valence-electron chi connectivity index (χ4n) is 3.59. The van der Waals surface area contributed by atoms with Crippen LogP contribution in [0, 0.1) is 0 Å². The van der Waals surface area contributed by atoms with Crippen LogP contribution in [0.1, 0.15) is 11.0 Å². The van der Waals surface area contributed by atoms with Gasteiger partial charge in [0.05, 0.1) is 11.0 Å². The van der Waals surface area contributed by atoms with E-state index in [9.17, 15) is 0 Å². The first kappa shape index (κ1) is 14.7. The van der Waals surface area contributed by atoms with Crippen LogP contribution in [0.5, 0.6) is 0 Å². The summed E-state index contributed by atoms with van der Waals surface area (Å²) in [6.45, 7) is 1.12. The van der Waals surface area contributed by atoms with Gasteiger partial charge in [-0.2, -0.15) is 0 Å². The minimum Gasteiger partial charge on any atom is -0.331 e. The number of guanidine groups is 1. The van der Waals surface area contributed by atoms with E-state index in [4.69, 9.17) is 9.98 Å². The number of hydrogen-bond acceptors (Lipinski definition) is 8. The average molecular weight is 377 g/mol. The number of aromatic nitrogens is 5. The van der Waals surface area contributed by atoms with Crippen molar-refractivity contribution in [1.29, 1.82) is 0 Å². The molecule has 0 unspecified atom stereocenters. The molecule has 0 saturated carbocycles. The Morgan fingerprint density at radius 3 is 2.81 bits per heavy atom. The van der Waals surface area contributed by atoms with Crippen molar-refractivity contribution in [3.05, 3.63) is 59.3 Å². The molecule has 0 amide bonds. The van der Waals surface area contributed by atoms with Crippen LogP contribution in [0.3, 0.4) is 0 Å². The first-order valence-electron chi connectivity index (χ1n) is 8.57. The summed E-state index contributed by atoms with van der Waals surface area (Å²) in [5, 5.41) is 15.5. The van der Waals surface area contributed by atoms with Crippen LogP contribution in [-0.4, -0.2) is 43.7 Å². The molecule has 2 aliphatic rings. The molecule has 1 aromatic carbocycles. The van der Waals surface area contributed by atoms with Gasteiger partial charge in [-0.15, -0.1) is 21.5 Å². The predicted molar refractivity (Wildman–Crippen MR) is 103 cm³/mol. The van der Waals surface area contributed by atoms with Crippen LogP contribution in [0.4, 0.5) is 5.95 Å². The molecule has 4 aromatic rings. The lowest BCUT2D eigenvalue weighted by Gasteiger charge is -2.41. The minimum absolute atomic E-state index is 0.0242. The van der Waals surface area contributed by atoms with Crippen LogP contribution in [0.2, 0.25) is 0 Å². The molecule has 0 fully saturated rings. The fraction of sp³-hybridized carbons (Fsp3) is 0.176. The first-order valence-corrected chi connectivity index (χ1v) is 9.45. The van der Waals surface area contributed by atoms with E-state index >= 15 is 0 Å². The van der Waals surface area contributed by atoms with Crippen molar-refractivity contribution in [2.24, 2.45) is 4.99 Å². The lowest BCUT2D eigenvalue weighted by molar-refractivity contribution is 0.499. The van der Waals surface area contributed by atoms with Crippen LogP contribution in [0.25, 0.3) is 11.0 Å². The van der Waals surface area contributed by atoms with E-state index in [2.05, 4.69) is 48.6 Å². The Morgan fingerprint density at radius 1 is 1.07 bits per heavy atom. The third-order valence-corrected chi connectivity index (χ3v) is 5.76. The summed E-state index contributed by atoms with van der Waals surface area (Å²) in [6, 6.07) is 12.4. The Kier molecular flexibility index (Phi) is 3.03. The number of anilines is 1. The molecule has 0 bridgehead atoms. The Labute approximate surface area is 158 Å². The summed E-state index contributed by atoms with van der Waals surface area (Å²) < 4.78 is 4.09. The van der Waals surface area contributed by atoms with E-state index in [0.29, 0.717) is 13.3 Å². The molecule has 0 spiro atoms. The van der Waals surface area contributed by atoms with Gasteiger partial charge in [0, 0.05) is 4.88 Å². The first-order chi connectivity index (χ1) is 13.4. The number of benzene rings is 1. The summed E-state index contributed by atoms with van der Waals surface area (Å²) in [4.78, 5) is 13.0. The quantitative estimate of drug-likeness (QED) is 0.571. The van der Waals surface area contributed by atoms with Crippen LogP contribution in [0.15, 0.2) is 59.4 Å². The second-order valence-electron chi connectivity index (χ2n) is 6.37. The molecular formula is C17H15N9S. The number of rotatable bonds is 2. The van der Waals surface area contributed by atoms with Gasteiger partial charge in [0.25, 0.3) is 0 Å². The van der Waals surface area contributed by atoms with Gasteiger partial charge in [0.2, 0.25) is 11.9 Å². The smallest absolute Gasteiger partial charge is 0.217 e. The van der Waals surface area contributed by atoms with Gasteiger partial charge in [-0.3, -0.25) is 14.5 Å². The van der Waals surface area contributed by atoms with Crippen LogP contribution in [-0.2, 0) is 0 Å². The van der Waals surface area contributed by atoms with E-state index in [1.807, 2.05) is 27.9 Å². The highest BCUT2D eigenvalue weighted by molar-refractivity contribution is 7.10.